The molecular formula is C20H28OS. The molecule has 0 aliphatic rings. The summed E-state index contributed by atoms with van der Waals surface area (Å²) < 4.78 is 5.76. The molecule has 1 atom stereocenters. The topological polar surface area (TPSA) is 9.23 Å². The van der Waals surface area contributed by atoms with Crippen molar-refractivity contribution in [3.8, 4) is 5.75 Å². The Bertz CT molecular complexity index is 613. The summed E-state index contributed by atoms with van der Waals surface area (Å²) >= 11 is 4.21. The first kappa shape index (κ1) is 17.2. The van der Waals surface area contributed by atoms with E-state index >= 15 is 0 Å². The highest BCUT2D eigenvalue weighted by Gasteiger charge is 2.24. The zero-order chi connectivity index (χ0) is 16.2. The van der Waals surface area contributed by atoms with E-state index in [1.165, 1.54) is 22.8 Å². The predicted octanol–water partition coefficient (Wildman–Crippen LogP) is 6.08. The lowest BCUT2D eigenvalue weighted by atomic mass is 9.75. The maximum atomic E-state index is 5.76. The second kappa shape index (κ2) is 7.41. The summed E-state index contributed by atoms with van der Waals surface area (Å²) in [6.45, 7) is 9.98. The second-order valence-corrected chi connectivity index (χ2v) is 7.47. The van der Waals surface area contributed by atoms with Crippen LogP contribution < -0.4 is 4.74 Å². The van der Waals surface area contributed by atoms with Gasteiger partial charge in [0.2, 0.25) is 0 Å². The standard InChI is InChI=1S/C20H28OS/c1-5-19(20(2,3)4)17-8-7-16-14-18(21-11-6-12-22)10-9-15(16)13-17/h7-10,13-14,19,22H,5-6,11-12H2,1-4H3. The van der Waals surface area contributed by atoms with E-state index in [2.05, 4.69) is 76.7 Å². The molecule has 0 spiro atoms. The Hall–Kier alpha value is -1.15. The number of rotatable bonds is 6. The van der Waals surface area contributed by atoms with Gasteiger partial charge in [0.15, 0.2) is 0 Å². The van der Waals surface area contributed by atoms with E-state index in [9.17, 15) is 0 Å². The van der Waals surface area contributed by atoms with Gasteiger partial charge in [-0.05, 0) is 58.4 Å². The largest absolute Gasteiger partial charge is 0.494 e. The molecule has 22 heavy (non-hydrogen) atoms. The van der Waals surface area contributed by atoms with Crippen LogP contribution in [0.2, 0.25) is 0 Å². The summed E-state index contributed by atoms with van der Waals surface area (Å²) in [5, 5.41) is 2.54. The molecular weight excluding hydrogens is 288 g/mol. The SMILES string of the molecule is CCC(c1ccc2cc(OCCCS)ccc2c1)C(C)(C)C. The van der Waals surface area contributed by atoms with E-state index in [0.717, 1.165) is 24.5 Å². The van der Waals surface area contributed by atoms with Gasteiger partial charge in [0.1, 0.15) is 5.75 Å². The molecule has 0 aliphatic heterocycles. The average Bonchev–Trinajstić information content (AvgIpc) is 2.47. The van der Waals surface area contributed by atoms with Gasteiger partial charge < -0.3 is 4.74 Å². The quantitative estimate of drug-likeness (QED) is 0.502. The molecule has 0 aromatic heterocycles. The fraction of sp³-hybridized carbons (Fsp3) is 0.500. The summed E-state index contributed by atoms with van der Waals surface area (Å²) in [4.78, 5) is 0. The molecule has 2 aromatic rings. The Kier molecular flexibility index (Phi) is 5.80. The second-order valence-electron chi connectivity index (χ2n) is 7.02. The Morgan fingerprint density at radius 3 is 2.36 bits per heavy atom. The van der Waals surface area contributed by atoms with Crippen LogP contribution >= 0.6 is 12.6 Å². The maximum Gasteiger partial charge on any atom is 0.119 e. The molecule has 0 saturated carbocycles. The Morgan fingerprint density at radius 2 is 1.73 bits per heavy atom. The molecule has 0 aliphatic carbocycles. The van der Waals surface area contributed by atoms with Crippen LogP contribution in [0.5, 0.6) is 5.75 Å². The van der Waals surface area contributed by atoms with E-state index < -0.39 is 0 Å². The van der Waals surface area contributed by atoms with Crippen molar-refractivity contribution < 1.29 is 4.74 Å². The summed E-state index contributed by atoms with van der Waals surface area (Å²) in [5.41, 5.74) is 1.73. The van der Waals surface area contributed by atoms with Crippen molar-refractivity contribution in [1.82, 2.24) is 0 Å². The molecule has 120 valence electrons. The van der Waals surface area contributed by atoms with Crippen LogP contribution in [0, 0.1) is 5.41 Å². The first-order valence-corrected chi connectivity index (χ1v) is 8.86. The van der Waals surface area contributed by atoms with Crippen molar-refractivity contribution in [2.45, 2.75) is 46.5 Å². The maximum absolute atomic E-state index is 5.76. The van der Waals surface area contributed by atoms with Gasteiger partial charge in [-0.15, -0.1) is 0 Å². The van der Waals surface area contributed by atoms with Crippen LogP contribution in [-0.2, 0) is 0 Å². The molecule has 1 nitrogen and oxygen atoms in total. The summed E-state index contributed by atoms with van der Waals surface area (Å²) in [5.74, 6) is 2.40. The molecule has 0 saturated heterocycles. The average molecular weight is 317 g/mol. The van der Waals surface area contributed by atoms with Gasteiger partial charge >= 0.3 is 0 Å². The summed E-state index contributed by atoms with van der Waals surface area (Å²) in [6, 6.07) is 13.2. The summed E-state index contributed by atoms with van der Waals surface area (Å²) in [7, 11) is 0. The lowest BCUT2D eigenvalue weighted by Gasteiger charge is -2.30. The third-order valence-corrected chi connectivity index (χ3v) is 4.58. The van der Waals surface area contributed by atoms with Crippen LogP contribution in [0.4, 0.5) is 0 Å². The van der Waals surface area contributed by atoms with Crippen molar-refractivity contribution in [3.63, 3.8) is 0 Å². The van der Waals surface area contributed by atoms with Crippen molar-refractivity contribution in [1.29, 1.82) is 0 Å². The van der Waals surface area contributed by atoms with Gasteiger partial charge in [0, 0.05) is 0 Å². The first-order chi connectivity index (χ1) is 10.5. The van der Waals surface area contributed by atoms with Crippen molar-refractivity contribution in [2.75, 3.05) is 12.4 Å². The minimum absolute atomic E-state index is 0.290. The smallest absolute Gasteiger partial charge is 0.119 e. The minimum Gasteiger partial charge on any atom is -0.494 e. The Labute approximate surface area is 140 Å². The number of ether oxygens (including phenoxy) is 1. The highest BCUT2D eigenvalue weighted by Crippen LogP contribution is 2.38. The normalized spacial score (nSPS) is 13.3. The molecule has 0 heterocycles. The molecule has 2 aromatic carbocycles. The molecule has 1 unspecified atom stereocenters. The predicted molar refractivity (Wildman–Crippen MR) is 100 cm³/mol. The highest BCUT2D eigenvalue weighted by molar-refractivity contribution is 7.80. The van der Waals surface area contributed by atoms with Crippen LogP contribution in [-0.4, -0.2) is 12.4 Å². The van der Waals surface area contributed by atoms with Gasteiger partial charge in [-0.3, -0.25) is 0 Å². The van der Waals surface area contributed by atoms with Crippen LogP contribution in [0.3, 0.4) is 0 Å². The lowest BCUT2D eigenvalue weighted by molar-refractivity contribution is 0.312. The fourth-order valence-electron chi connectivity index (χ4n) is 3.15. The number of benzene rings is 2. The van der Waals surface area contributed by atoms with E-state index in [1.54, 1.807) is 0 Å². The fourth-order valence-corrected chi connectivity index (χ4v) is 3.28. The van der Waals surface area contributed by atoms with Crippen LogP contribution in [0.25, 0.3) is 10.8 Å². The molecule has 0 fully saturated rings. The van der Waals surface area contributed by atoms with Crippen molar-refractivity contribution in [2.24, 2.45) is 5.41 Å². The zero-order valence-corrected chi connectivity index (χ0v) is 15.1. The molecule has 2 rings (SSSR count). The monoisotopic (exact) mass is 316 g/mol. The highest BCUT2D eigenvalue weighted by atomic mass is 32.1. The number of hydrogen-bond acceptors (Lipinski definition) is 2. The van der Waals surface area contributed by atoms with Gasteiger partial charge in [0.25, 0.3) is 0 Å². The number of fused-ring (bicyclic) bond motifs is 1. The van der Waals surface area contributed by atoms with Gasteiger partial charge in [0.05, 0.1) is 6.61 Å². The Balaban J connectivity index is 2.26. The van der Waals surface area contributed by atoms with E-state index in [1.807, 2.05) is 0 Å². The van der Waals surface area contributed by atoms with Crippen LogP contribution in [0.1, 0.15) is 52.0 Å². The van der Waals surface area contributed by atoms with Crippen molar-refractivity contribution in [3.05, 3.63) is 42.0 Å². The first-order valence-electron chi connectivity index (χ1n) is 8.23. The molecule has 0 radical (unpaired) electrons. The molecule has 0 bridgehead atoms. The van der Waals surface area contributed by atoms with E-state index in [4.69, 9.17) is 4.74 Å². The minimum atomic E-state index is 0.290. The van der Waals surface area contributed by atoms with Gasteiger partial charge in [-0.1, -0.05) is 52.0 Å². The summed E-state index contributed by atoms with van der Waals surface area (Å²) in [6.07, 6.45) is 2.14. The van der Waals surface area contributed by atoms with Crippen molar-refractivity contribution >= 4 is 23.4 Å². The molecule has 0 N–H and O–H groups in total. The Morgan fingerprint density at radius 1 is 1.05 bits per heavy atom. The molecule has 2 heteroatoms. The third-order valence-electron chi connectivity index (χ3n) is 4.26. The third kappa shape index (κ3) is 4.19. The molecule has 0 amide bonds. The van der Waals surface area contributed by atoms with Gasteiger partial charge in [-0.25, -0.2) is 0 Å². The number of thiol groups is 1. The zero-order valence-electron chi connectivity index (χ0n) is 14.2. The van der Waals surface area contributed by atoms with Gasteiger partial charge in [-0.2, -0.15) is 12.6 Å². The number of hydrogen-bond donors (Lipinski definition) is 1. The van der Waals surface area contributed by atoms with E-state index in [-0.39, 0.29) is 0 Å². The van der Waals surface area contributed by atoms with E-state index in [0.29, 0.717) is 11.3 Å². The van der Waals surface area contributed by atoms with Crippen LogP contribution in [0.15, 0.2) is 36.4 Å². The lowest BCUT2D eigenvalue weighted by Crippen LogP contribution is -2.17.